The molecule has 0 bridgehead atoms. The van der Waals surface area contributed by atoms with E-state index in [0.717, 1.165) is 12.1 Å². The van der Waals surface area contributed by atoms with E-state index < -0.39 is 17.3 Å². The largest absolute Gasteiger partial charge is 0.416 e. The van der Waals surface area contributed by atoms with Crippen LogP contribution in [0.25, 0.3) is 16.6 Å². The molecule has 2 aromatic heterocycles. The van der Waals surface area contributed by atoms with Crippen molar-refractivity contribution in [1.82, 2.24) is 14.4 Å². The van der Waals surface area contributed by atoms with E-state index in [2.05, 4.69) is 9.97 Å². The van der Waals surface area contributed by atoms with Crippen molar-refractivity contribution in [2.24, 2.45) is 0 Å². The number of hydrogen-bond acceptors (Lipinski definition) is 4. The maximum Gasteiger partial charge on any atom is 0.416 e. The molecule has 3 heterocycles. The number of halogens is 3. The third kappa shape index (κ3) is 2.32. The summed E-state index contributed by atoms with van der Waals surface area (Å²) < 4.78 is 45.9. The molecule has 4 rings (SSSR count). The second-order valence-corrected chi connectivity index (χ2v) is 5.56. The molecule has 0 atom stereocenters. The molecule has 9 heteroatoms. The lowest BCUT2D eigenvalue weighted by molar-refractivity contribution is -0.137. The number of aromatic nitrogens is 3. The van der Waals surface area contributed by atoms with Gasteiger partial charge >= 0.3 is 6.18 Å². The number of H-pyrrole nitrogens is 1. The Morgan fingerprint density at radius 3 is 2.62 bits per heavy atom. The molecule has 126 valence electrons. The van der Waals surface area contributed by atoms with Crippen molar-refractivity contribution in [2.75, 3.05) is 31.2 Å². The Kier molecular flexibility index (Phi) is 3.27. The highest BCUT2D eigenvalue weighted by Gasteiger charge is 2.31. The fourth-order valence-corrected chi connectivity index (χ4v) is 2.91. The van der Waals surface area contributed by atoms with E-state index in [1.54, 1.807) is 0 Å². The highest BCUT2D eigenvalue weighted by atomic mass is 19.4. The molecule has 6 nitrogen and oxygen atoms in total. The van der Waals surface area contributed by atoms with Gasteiger partial charge in [-0.25, -0.2) is 4.98 Å². The first-order valence-electron chi connectivity index (χ1n) is 7.38. The van der Waals surface area contributed by atoms with Crippen molar-refractivity contribution in [3.05, 3.63) is 40.3 Å². The highest BCUT2D eigenvalue weighted by molar-refractivity contribution is 5.80. The number of hydrogen-bond donors (Lipinski definition) is 1. The Morgan fingerprint density at radius 1 is 1.17 bits per heavy atom. The molecule has 1 fully saturated rings. The van der Waals surface area contributed by atoms with Crippen molar-refractivity contribution >= 4 is 22.5 Å². The normalized spacial score (nSPS) is 16.2. The molecule has 24 heavy (non-hydrogen) atoms. The molecule has 0 amide bonds. The van der Waals surface area contributed by atoms with Crippen LogP contribution in [0.15, 0.2) is 29.2 Å². The van der Waals surface area contributed by atoms with Crippen LogP contribution in [0.2, 0.25) is 0 Å². The number of morpholine rings is 1. The zero-order valence-corrected chi connectivity index (χ0v) is 12.4. The molecule has 3 aromatic rings. The third-order valence-corrected chi connectivity index (χ3v) is 4.08. The minimum absolute atomic E-state index is 0.211. The van der Waals surface area contributed by atoms with E-state index in [9.17, 15) is 18.0 Å². The fraction of sp³-hybridized carbons (Fsp3) is 0.333. The van der Waals surface area contributed by atoms with Crippen molar-refractivity contribution in [3.63, 3.8) is 0 Å². The monoisotopic (exact) mass is 338 g/mol. The standard InChI is InChI=1S/C15H13F3N4O2/c16-15(17,18)9-1-2-10-11(7-9)22-12(13(23)20-10)8-19-14(22)21-3-5-24-6-4-21/h1-2,7-8H,3-6H2,(H,20,23). The molecule has 1 N–H and O–H groups in total. The fourth-order valence-electron chi connectivity index (χ4n) is 2.91. The van der Waals surface area contributed by atoms with Gasteiger partial charge in [0.1, 0.15) is 5.52 Å². The molecule has 0 radical (unpaired) electrons. The smallest absolute Gasteiger partial charge is 0.378 e. The molecule has 0 spiro atoms. The summed E-state index contributed by atoms with van der Waals surface area (Å²) in [7, 11) is 0. The average Bonchev–Trinajstić information content (AvgIpc) is 3.00. The Bertz CT molecular complexity index is 970. The van der Waals surface area contributed by atoms with Crippen LogP contribution >= 0.6 is 0 Å². The number of nitrogens with one attached hydrogen (secondary N) is 1. The number of benzene rings is 1. The van der Waals surface area contributed by atoms with Crippen molar-refractivity contribution < 1.29 is 17.9 Å². The van der Waals surface area contributed by atoms with E-state index in [4.69, 9.17) is 4.74 Å². The van der Waals surface area contributed by atoms with Crippen molar-refractivity contribution in [3.8, 4) is 0 Å². The number of nitrogens with zero attached hydrogens (tertiary/aromatic N) is 3. The van der Waals surface area contributed by atoms with Crippen LogP contribution < -0.4 is 10.5 Å². The van der Waals surface area contributed by atoms with Gasteiger partial charge < -0.3 is 14.6 Å². The van der Waals surface area contributed by atoms with Gasteiger partial charge in [0.25, 0.3) is 5.56 Å². The third-order valence-electron chi connectivity index (χ3n) is 4.08. The highest BCUT2D eigenvalue weighted by Crippen LogP contribution is 2.31. The molecular formula is C15H13F3N4O2. The van der Waals surface area contributed by atoms with E-state index in [0.29, 0.717) is 37.8 Å². The molecule has 1 aromatic carbocycles. The lowest BCUT2D eigenvalue weighted by Crippen LogP contribution is -2.37. The Hall–Kier alpha value is -2.55. The lowest BCUT2D eigenvalue weighted by atomic mass is 10.2. The number of anilines is 1. The summed E-state index contributed by atoms with van der Waals surface area (Å²) in [6.45, 7) is 2.13. The first-order valence-corrected chi connectivity index (χ1v) is 7.38. The second-order valence-electron chi connectivity index (χ2n) is 5.56. The quantitative estimate of drug-likeness (QED) is 0.737. The summed E-state index contributed by atoms with van der Waals surface area (Å²) in [5, 5.41) is 0. The van der Waals surface area contributed by atoms with E-state index in [1.165, 1.54) is 16.7 Å². The van der Waals surface area contributed by atoms with Crippen LogP contribution in [0.5, 0.6) is 0 Å². The van der Waals surface area contributed by atoms with Gasteiger partial charge in [-0.15, -0.1) is 0 Å². The lowest BCUT2D eigenvalue weighted by Gasteiger charge is -2.27. The van der Waals surface area contributed by atoms with E-state index in [-0.39, 0.29) is 11.0 Å². The molecular weight excluding hydrogens is 325 g/mol. The first-order chi connectivity index (χ1) is 11.4. The SMILES string of the molecule is O=c1[nH]c2ccc(C(F)(F)F)cc2n2c(N3CCOCC3)ncc12. The Morgan fingerprint density at radius 2 is 1.92 bits per heavy atom. The number of imidazole rings is 1. The van der Waals surface area contributed by atoms with Gasteiger partial charge in [-0.3, -0.25) is 9.20 Å². The minimum Gasteiger partial charge on any atom is -0.378 e. The van der Waals surface area contributed by atoms with Crippen LogP contribution in [0.4, 0.5) is 19.1 Å². The van der Waals surface area contributed by atoms with Crippen molar-refractivity contribution in [1.29, 1.82) is 0 Å². The topological polar surface area (TPSA) is 62.6 Å². The Labute approximate surface area is 133 Å². The summed E-state index contributed by atoms with van der Waals surface area (Å²) in [6.07, 6.45) is -3.08. The number of alkyl halides is 3. The number of rotatable bonds is 1. The zero-order chi connectivity index (χ0) is 16.9. The summed E-state index contributed by atoms with van der Waals surface area (Å²) in [6, 6.07) is 3.25. The number of fused-ring (bicyclic) bond motifs is 3. The van der Waals surface area contributed by atoms with Gasteiger partial charge in [-0.1, -0.05) is 0 Å². The van der Waals surface area contributed by atoms with Gasteiger partial charge in [-0.2, -0.15) is 13.2 Å². The van der Waals surface area contributed by atoms with Gasteiger partial charge in [-0.05, 0) is 18.2 Å². The zero-order valence-electron chi connectivity index (χ0n) is 12.4. The van der Waals surface area contributed by atoms with Gasteiger partial charge in [0.2, 0.25) is 5.95 Å². The van der Waals surface area contributed by atoms with Crippen LogP contribution in [0.3, 0.4) is 0 Å². The van der Waals surface area contributed by atoms with Gasteiger partial charge in [0.15, 0.2) is 0 Å². The van der Waals surface area contributed by atoms with Crippen LogP contribution in [-0.4, -0.2) is 40.7 Å². The van der Waals surface area contributed by atoms with Gasteiger partial charge in [0, 0.05) is 13.1 Å². The van der Waals surface area contributed by atoms with E-state index >= 15 is 0 Å². The first kappa shape index (κ1) is 15.0. The van der Waals surface area contributed by atoms with Crippen molar-refractivity contribution in [2.45, 2.75) is 6.18 Å². The summed E-state index contributed by atoms with van der Waals surface area (Å²) in [5.74, 6) is 0.448. The maximum absolute atomic E-state index is 13.1. The Balaban J connectivity index is 2.02. The molecule has 1 saturated heterocycles. The van der Waals surface area contributed by atoms with Gasteiger partial charge in [0.05, 0.1) is 36.0 Å². The number of aromatic amines is 1. The van der Waals surface area contributed by atoms with Crippen LogP contribution in [0, 0.1) is 0 Å². The second kappa shape index (κ2) is 5.23. The molecule has 1 aliphatic heterocycles. The average molecular weight is 338 g/mol. The molecule has 0 aliphatic carbocycles. The molecule has 0 saturated carbocycles. The van der Waals surface area contributed by atoms with Crippen LogP contribution in [0.1, 0.15) is 5.56 Å². The molecule has 0 unspecified atom stereocenters. The summed E-state index contributed by atoms with van der Waals surface area (Å²) >= 11 is 0. The summed E-state index contributed by atoms with van der Waals surface area (Å²) in [4.78, 5) is 20.9. The minimum atomic E-state index is -4.46. The van der Waals surface area contributed by atoms with Crippen LogP contribution in [-0.2, 0) is 10.9 Å². The van der Waals surface area contributed by atoms with E-state index in [1.807, 2.05) is 4.90 Å². The maximum atomic E-state index is 13.1. The number of ether oxygens (including phenoxy) is 1. The molecule has 1 aliphatic rings. The predicted molar refractivity (Wildman–Crippen MR) is 81.4 cm³/mol. The predicted octanol–water partition coefficient (Wildman–Crippen LogP) is 2.03. The summed E-state index contributed by atoms with van der Waals surface area (Å²) in [5.41, 5.74) is -0.367.